The number of rotatable bonds is 8. The lowest BCUT2D eigenvalue weighted by atomic mass is 9.67. The molecule has 382 valence electrons. The van der Waals surface area contributed by atoms with Crippen molar-refractivity contribution < 1.29 is 0 Å². The van der Waals surface area contributed by atoms with Crippen molar-refractivity contribution in [3.63, 3.8) is 0 Å². The average Bonchev–Trinajstić information content (AvgIpc) is 1.72. The van der Waals surface area contributed by atoms with Gasteiger partial charge in [0.25, 0.3) is 0 Å². The molecule has 0 saturated carbocycles. The highest BCUT2D eigenvalue weighted by atomic mass is 28.3. The summed E-state index contributed by atoms with van der Waals surface area (Å²) in [4.78, 5) is 2.52. The third-order valence-electron chi connectivity index (χ3n) is 18.9. The molecule has 0 aromatic heterocycles. The number of benzene rings is 13. The summed E-state index contributed by atoms with van der Waals surface area (Å²) in [6.07, 6.45) is 0. The van der Waals surface area contributed by atoms with Gasteiger partial charge in [0, 0.05) is 17.1 Å². The van der Waals surface area contributed by atoms with Crippen LogP contribution in [0.1, 0.15) is 44.5 Å². The Morgan fingerprint density at radius 2 is 0.622 bits per heavy atom. The van der Waals surface area contributed by atoms with Gasteiger partial charge < -0.3 is 4.90 Å². The van der Waals surface area contributed by atoms with Crippen LogP contribution in [0.25, 0.3) is 55.6 Å². The molecule has 0 bridgehead atoms. The zero-order valence-electron chi connectivity index (χ0n) is 45.0. The summed E-state index contributed by atoms with van der Waals surface area (Å²) >= 11 is 0. The standard InChI is InChI=1S/C80H53NSi/c1-4-23-56(24-5-1)79(57-25-6-2-7-26-57)71-37-16-10-33-65(71)67-49-45-55(51-76(67)79)54-43-46-58(47-44-54)81(59-27-22-30-62(52-59)82(61-28-8-3-9-29-61)77-41-20-14-35-68(77)69-36-15-21-42-78(69)82)60-48-50-75-70(53-60)66-34-13-19-40-74(66)80(75)72-38-17-11-31-63(72)64-32-12-18-39-73(64)80/h1-53H. The van der Waals surface area contributed by atoms with Crippen LogP contribution in [-0.4, -0.2) is 8.07 Å². The highest BCUT2D eigenvalue weighted by molar-refractivity contribution is 7.22. The van der Waals surface area contributed by atoms with Crippen molar-refractivity contribution in [1.82, 2.24) is 0 Å². The minimum absolute atomic E-state index is 0.434. The zero-order chi connectivity index (χ0) is 54.0. The van der Waals surface area contributed by atoms with Crippen molar-refractivity contribution in [1.29, 1.82) is 0 Å². The van der Waals surface area contributed by atoms with Crippen LogP contribution in [-0.2, 0) is 10.8 Å². The molecule has 0 unspecified atom stereocenters. The van der Waals surface area contributed by atoms with E-state index in [1.54, 1.807) is 0 Å². The smallest absolute Gasteiger partial charge is 0.180 e. The van der Waals surface area contributed by atoms with Crippen LogP contribution in [0.4, 0.5) is 17.1 Å². The van der Waals surface area contributed by atoms with Crippen molar-refractivity contribution in [3.8, 4) is 55.6 Å². The van der Waals surface area contributed by atoms with Crippen LogP contribution in [0.2, 0.25) is 0 Å². The third kappa shape index (κ3) is 6.27. The Bertz CT molecular complexity index is 4560. The van der Waals surface area contributed by atoms with Gasteiger partial charge in [-0.15, -0.1) is 0 Å². The molecular formula is C80H53NSi. The Balaban J connectivity index is 0.867. The minimum Gasteiger partial charge on any atom is -0.310 e. The Labute approximate surface area is 480 Å². The Hall–Kier alpha value is -10.1. The van der Waals surface area contributed by atoms with E-state index in [1.165, 1.54) is 121 Å². The van der Waals surface area contributed by atoms with Gasteiger partial charge in [-0.1, -0.05) is 279 Å². The molecule has 0 fully saturated rings. The quantitative estimate of drug-likeness (QED) is 0.137. The molecule has 0 atom stereocenters. The van der Waals surface area contributed by atoms with E-state index >= 15 is 0 Å². The van der Waals surface area contributed by atoms with Gasteiger partial charge in [-0.3, -0.25) is 0 Å². The van der Waals surface area contributed by atoms with Gasteiger partial charge >= 0.3 is 0 Å². The Morgan fingerprint density at radius 1 is 0.220 bits per heavy atom. The van der Waals surface area contributed by atoms with Crippen molar-refractivity contribution in [2.24, 2.45) is 0 Å². The first-order chi connectivity index (χ1) is 40.7. The zero-order valence-corrected chi connectivity index (χ0v) is 46.0. The van der Waals surface area contributed by atoms with E-state index in [1.807, 2.05) is 0 Å². The van der Waals surface area contributed by atoms with Gasteiger partial charge in [0.2, 0.25) is 0 Å². The molecule has 2 heteroatoms. The van der Waals surface area contributed by atoms with Crippen LogP contribution in [0, 0.1) is 0 Å². The van der Waals surface area contributed by atoms with Gasteiger partial charge in [-0.25, -0.2) is 0 Å². The van der Waals surface area contributed by atoms with Crippen LogP contribution < -0.4 is 25.6 Å². The van der Waals surface area contributed by atoms with Gasteiger partial charge in [0.15, 0.2) is 8.07 Å². The molecule has 0 N–H and O–H groups in total. The van der Waals surface area contributed by atoms with Gasteiger partial charge in [0.1, 0.15) is 0 Å². The topological polar surface area (TPSA) is 3.24 Å². The van der Waals surface area contributed by atoms with E-state index in [9.17, 15) is 0 Å². The van der Waals surface area contributed by atoms with Crippen LogP contribution >= 0.6 is 0 Å². The lowest BCUT2D eigenvalue weighted by Crippen LogP contribution is -2.72. The third-order valence-corrected chi connectivity index (χ3v) is 23.7. The summed E-state index contributed by atoms with van der Waals surface area (Å²) in [6.45, 7) is 0. The molecule has 4 aliphatic rings. The summed E-state index contributed by atoms with van der Waals surface area (Å²) < 4.78 is 0. The molecule has 13 aromatic rings. The second-order valence-corrected chi connectivity index (χ2v) is 26.3. The Morgan fingerprint density at radius 3 is 1.18 bits per heavy atom. The molecular weight excluding hydrogens is 1000 g/mol. The molecule has 0 radical (unpaired) electrons. The molecule has 0 amide bonds. The number of fused-ring (bicyclic) bond motifs is 16. The maximum Gasteiger partial charge on any atom is 0.180 e. The molecule has 1 nitrogen and oxygen atoms in total. The first kappa shape index (κ1) is 46.8. The molecule has 1 aliphatic heterocycles. The number of hydrogen-bond acceptors (Lipinski definition) is 1. The fourth-order valence-corrected chi connectivity index (χ4v) is 20.9. The molecule has 82 heavy (non-hydrogen) atoms. The first-order valence-corrected chi connectivity index (χ1v) is 30.7. The largest absolute Gasteiger partial charge is 0.310 e. The average molecular weight is 1060 g/mol. The van der Waals surface area contributed by atoms with Gasteiger partial charge in [0.05, 0.1) is 10.8 Å². The van der Waals surface area contributed by atoms with Crippen molar-refractivity contribution >= 4 is 45.9 Å². The highest BCUT2D eigenvalue weighted by Gasteiger charge is 2.53. The van der Waals surface area contributed by atoms with Crippen LogP contribution in [0.3, 0.4) is 0 Å². The molecule has 13 aromatic carbocycles. The molecule has 1 spiro atoms. The molecule has 1 heterocycles. The van der Waals surface area contributed by atoms with E-state index in [0.29, 0.717) is 0 Å². The molecule has 0 saturated heterocycles. The van der Waals surface area contributed by atoms with E-state index in [-0.39, 0.29) is 0 Å². The van der Waals surface area contributed by atoms with Crippen LogP contribution in [0.15, 0.2) is 322 Å². The maximum atomic E-state index is 2.53. The van der Waals surface area contributed by atoms with E-state index in [4.69, 9.17) is 0 Å². The molecule has 3 aliphatic carbocycles. The van der Waals surface area contributed by atoms with E-state index < -0.39 is 18.9 Å². The van der Waals surface area contributed by atoms with E-state index in [0.717, 1.165) is 17.1 Å². The summed E-state index contributed by atoms with van der Waals surface area (Å²) in [5.41, 5.74) is 25.7. The van der Waals surface area contributed by atoms with Gasteiger partial charge in [-0.05, 0) is 163 Å². The summed E-state index contributed by atoms with van der Waals surface area (Å²) in [5, 5.41) is 5.62. The SMILES string of the molecule is c1ccc(C2(c3ccccc3)c3ccccc3-c3ccc(-c4ccc(N(c5cccc([Si]6(c7ccccc7)c7ccccc7-c7ccccc76)c5)c5ccc6c(c5)-c5ccccc5C65c6ccccc6-c6ccccc65)cc4)cc32)cc1. The lowest BCUT2D eigenvalue weighted by molar-refractivity contribution is 0.769. The van der Waals surface area contributed by atoms with Crippen molar-refractivity contribution in [2.45, 2.75) is 10.8 Å². The summed E-state index contributed by atoms with van der Waals surface area (Å²) in [6, 6.07) is 122. The van der Waals surface area contributed by atoms with Crippen LogP contribution in [0.5, 0.6) is 0 Å². The second kappa shape index (κ2) is 17.9. The first-order valence-electron chi connectivity index (χ1n) is 28.7. The molecule has 17 rings (SSSR count). The fourth-order valence-electron chi connectivity index (χ4n) is 15.7. The number of nitrogens with zero attached hydrogens (tertiary/aromatic N) is 1. The lowest BCUT2D eigenvalue weighted by Gasteiger charge is -2.34. The predicted molar refractivity (Wildman–Crippen MR) is 343 cm³/mol. The predicted octanol–water partition coefficient (Wildman–Crippen LogP) is 16.9. The highest BCUT2D eigenvalue weighted by Crippen LogP contribution is 2.63. The monoisotopic (exact) mass is 1060 g/mol. The maximum absolute atomic E-state index is 2.83. The van der Waals surface area contributed by atoms with E-state index in [2.05, 4.69) is 326 Å². The second-order valence-electron chi connectivity index (χ2n) is 22.5. The summed E-state index contributed by atoms with van der Waals surface area (Å²) in [5.74, 6) is 0. The number of anilines is 3. The Kier molecular flexibility index (Phi) is 10.2. The van der Waals surface area contributed by atoms with Crippen molar-refractivity contribution in [3.05, 3.63) is 366 Å². The number of hydrogen-bond donors (Lipinski definition) is 0. The normalized spacial score (nSPS) is 14.4. The fraction of sp³-hybridized carbons (Fsp3) is 0.0250. The summed E-state index contributed by atoms with van der Waals surface area (Å²) in [7, 11) is -2.83. The van der Waals surface area contributed by atoms with Crippen molar-refractivity contribution in [2.75, 3.05) is 4.90 Å². The minimum atomic E-state index is -2.83. The van der Waals surface area contributed by atoms with Gasteiger partial charge in [-0.2, -0.15) is 0 Å².